The first-order chi connectivity index (χ1) is 7.59. The van der Waals surface area contributed by atoms with Gasteiger partial charge in [-0.2, -0.15) is 0 Å². The van der Waals surface area contributed by atoms with Crippen LogP contribution < -0.4 is 0 Å². The number of hydrogen-bond donors (Lipinski definition) is 1. The first-order valence-corrected chi connectivity index (χ1v) is 5.67. The van der Waals surface area contributed by atoms with E-state index in [1.165, 1.54) is 4.90 Å². The molecule has 2 rings (SSSR count). The van der Waals surface area contributed by atoms with Gasteiger partial charge in [0.2, 0.25) is 11.8 Å². The van der Waals surface area contributed by atoms with E-state index in [0.29, 0.717) is 38.5 Å². The first kappa shape index (κ1) is 11.1. The summed E-state index contributed by atoms with van der Waals surface area (Å²) in [5.74, 6) is -1.26. The van der Waals surface area contributed by atoms with E-state index in [9.17, 15) is 14.4 Å². The summed E-state index contributed by atoms with van der Waals surface area (Å²) >= 11 is 0. The van der Waals surface area contributed by atoms with Crippen molar-refractivity contribution in [3.63, 3.8) is 0 Å². The molecule has 16 heavy (non-hydrogen) atoms. The summed E-state index contributed by atoms with van der Waals surface area (Å²) in [5, 5.41) is 8.85. The average molecular weight is 225 g/mol. The summed E-state index contributed by atoms with van der Waals surface area (Å²) in [6.07, 6.45) is 3.03. The number of likely N-dealkylation sites (tertiary alicyclic amines) is 1. The topological polar surface area (TPSA) is 74.7 Å². The molecule has 5 nitrogen and oxygen atoms in total. The van der Waals surface area contributed by atoms with Crippen LogP contribution in [0.15, 0.2) is 0 Å². The molecule has 1 heterocycles. The van der Waals surface area contributed by atoms with Crippen LogP contribution in [0.2, 0.25) is 0 Å². The van der Waals surface area contributed by atoms with Gasteiger partial charge in [-0.1, -0.05) is 0 Å². The molecule has 1 aliphatic carbocycles. The zero-order valence-corrected chi connectivity index (χ0v) is 9.02. The van der Waals surface area contributed by atoms with Crippen molar-refractivity contribution in [1.82, 2.24) is 4.90 Å². The van der Waals surface area contributed by atoms with Crippen LogP contribution in [0.4, 0.5) is 0 Å². The Balaban J connectivity index is 1.96. The first-order valence-electron chi connectivity index (χ1n) is 5.67. The Labute approximate surface area is 93.4 Å². The van der Waals surface area contributed by atoms with Crippen LogP contribution in [0.3, 0.4) is 0 Å². The summed E-state index contributed by atoms with van der Waals surface area (Å²) in [5.41, 5.74) is 0. The summed E-state index contributed by atoms with van der Waals surface area (Å²) in [7, 11) is 0. The smallest absolute Gasteiger partial charge is 0.306 e. The molecular formula is C11H15NO4. The molecule has 2 aliphatic rings. The number of amides is 2. The van der Waals surface area contributed by atoms with Crippen molar-refractivity contribution in [3.05, 3.63) is 0 Å². The minimum absolute atomic E-state index is 0.0573. The maximum atomic E-state index is 11.5. The van der Waals surface area contributed by atoms with E-state index in [2.05, 4.69) is 0 Å². The van der Waals surface area contributed by atoms with E-state index < -0.39 is 5.97 Å². The van der Waals surface area contributed by atoms with Gasteiger partial charge >= 0.3 is 5.97 Å². The van der Waals surface area contributed by atoms with Crippen molar-refractivity contribution < 1.29 is 19.5 Å². The van der Waals surface area contributed by atoms with Crippen LogP contribution in [0, 0.1) is 5.92 Å². The third-order valence-electron chi connectivity index (χ3n) is 3.50. The molecule has 1 N–H and O–H groups in total. The van der Waals surface area contributed by atoms with Gasteiger partial charge in [-0.15, -0.1) is 0 Å². The van der Waals surface area contributed by atoms with E-state index in [4.69, 9.17) is 5.11 Å². The molecule has 0 radical (unpaired) electrons. The van der Waals surface area contributed by atoms with E-state index in [1.54, 1.807) is 0 Å². The molecule has 2 fully saturated rings. The quantitative estimate of drug-likeness (QED) is 0.705. The van der Waals surface area contributed by atoms with Crippen LogP contribution in [0.1, 0.15) is 38.5 Å². The number of carbonyl (C=O) groups is 3. The Bertz CT molecular complexity index is 315. The summed E-state index contributed by atoms with van der Waals surface area (Å²) in [6, 6.07) is -0.0573. The van der Waals surface area contributed by atoms with Crippen molar-refractivity contribution in [1.29, 1.82) is 0 Å². The molecule has 0 atom stereocenters. The van der Waals surface area contributed by atoms with Crippen molar-refractivity contribution in [2.75, 3.05) is 0 Å². The Hall–Kier alpha value is -1.39. The molecule has 1 saturated carbocycles. The number of carboxylic acids is 1. The predicted octanol–water partition coefficient (Wildman–Crippen LogP) is 0.779. The van der Waals surface area contributed by atoms with Crippen molar-refractivity contribution in [2.45, 2.75) is 44.6 Å². The van der Waals surface area contributed by atoms with Gasteiger partial charge in [0, 0.05) is 18.9 Å². The number of aliphatic carboxylic acids is 1. The highest BCUT2D eigenvalue weighted by Crippen LogP contribution is 2.30. The lowest BCUT2D eigenvalue weighted by molar-refractivity contribution is -0.144. The standard InChI is InChI=1S/C11H15NO4/c13-9-5-6-10(14)12(9)8-3-1-7(2-4-8)11(15)16/h7-8H,1-6H2,(H,15,16). The largest absolute Gasteiger partial charge is 0.481 e. The Morgan fingerprint density at radius 3 is 2.00 bits per heavy atom. The Morgan fingerprint density at radius 1 is 1.06 bits per heavy atom. The van der Waals surface area contributed by atoms with Gasteiger partial charge in [0.05, 0.1) is 5.92 Å². The molecule has 5 heteroatoms. The predicted molar refractivity (Wildman–Crippen MR) is 54.5 cm³/mol. The fourth-order valence-corrected chi connectivity index (χ4v) is 2.58. The number of imide groups is 1. The van der Waals surface area contributed by atoms with E-state index in [-0.39, 0.29) is 23.8 Å². The van der Waals surface area contributed by atoms with Crippen LogP contribution in [0.25, 0.3) is 0 Å². The zero-order chi connectivity index (χ0) is 11.7. The summed E-state index contributed by atoms with van der Waals surface area (Å²) in [6.45, 7) is 0. The van der Waals surface area contributed by atoms with Gasteiger partial charge in [0.15, 0.2) is 0 Å². The molecule has 88 valence electrons. The fourth-order valence-electron chi connectivity index (χ4n) is 2.58. The van der Waals surface area contributed by atoms with Crippen LogP contribution in [0.5, 0.6) is 0 Å². The monoisotopic (exact) mass is 225 g/mol. The second-order valence-corrected chi connectivity index (χ2v) is 4.50. The molecular weight excluding hydrogens is 210 g/mol. The van der Waals surface area contributed by atoms with E-state index >= 15 is 0 Å². The molecule has 1 saturated heterocycles. The summed E-state index contributed by atoms with van der Waals surface area (Å²) < 4.78 is 0. The zero-order valence-electron chi connectivity index (χ0n) is 9.02. The fraction of sp³-hybridized carbons (Fsp3) is 0.727. The van der Waals surface area contributed by atoms with Gasteiger partial charge in [0.25, 0.3) is 0 Å². The Morgan fingerprint density at radius 2 is 1.56 bits per heavy atom. The highest BCUT2D eigenvalue weighted by Gasteiger charge is 2.37. The second-order valence-electron chi connectivity index (χ2n) is 4.50. The maximum absolute atomic E-state index is 11.5. The molecule has 0 unspecified atom stereocenters. The summed E-state index contributed by atoms with van der Waals surface area (Å²) in [4.78, 5) is 35.1. The average Bonchev–Trinajstić information content (AvgIpc) is 2.59. The van der Waals surface area contributed by atoms with Gasteiger partial charge in [-0.25, -0.2) is 0 Å². The Kier molecular flexibility index (Phi) is 2.94. The second kappa shape index (κ2) is 4.23. The molecule has 1 aliphatic heterocycles. The van der Waals surface area contributed by atoms with Gasteiger partial charge in [0.1, 0.15) is 0 Å². The minimum Gasteiger partial charge on any atom is -0.481 e. The van der Waals surface area contributed by atoms with Gasteiger partial charge in [-0.3, -0.25) is 19.3 Å². The molecule has 0 aromatic heterocycles. The van der Waals surface area contributed by atoms with Crippen molar-refractivity contribution >= 4 is 17.8 Å². The number of rotatable bonds is 2. The van der Waals surface area contributed by atoms with Crippen molar-refractivity contribution in [3.8, 4) is 0 Å². The lowest BCUT2D eigenvalue weighted by Crippen LogP contribution is -2.42. The lowest BCUT2D eigenvalue weighted by Gasteiger charge is -2.31. The minimum atomic E-state index is -0.766. The SMILES string of the molecule is O=C(O)C1CCC(N2C(=O)CCC2=O)CC1. The molecule has 0 spiro atoms. The van der Waals surface area contributed by atoms with Crippen LogP contribution >= 0.6 is 0 Å². The number of hydrogen-bond acceptors (Lipinski definition) is 3. The molecule has 0 aromatic rings. The number of nitrogens with zero attached hydrogens (tertiary/aromatic N) is 1. The third kappa shape index (κ3) is 1.94. The molecule has 2 amide bonds. The lowest BCUT2D eigenvalue weighted by atomic mass is 9.85. The van der Waals surface area contributed by atoms with Crippen LogP contribution in [-0.4, -0.2) is 33.8 Å². The number of carboxylic acid groups (broad SMARTS) is 1. The highest BCUT2D eigenvalue weighted by molar-refractivity contribution is 6.02. The van der Waals surface area contributed by atoms with Gasteiger partial charge < -0.3 is 5.11 Å². The van der Waals surface area contributed by atoms with E-state index in [1.807, 2.05) is 0 Å². The van der Waals surface area contributed by atoms with E-state index in [0.717, 1.165) is 0 Å². The van der Waals surface area contributed by atoms with Gasteiger partial charge in [-0.05, 0) is 25.7 Å². The molecule has 0 aromatic carbocycles. The molecule has 0 bridgehead atoms. The number of carbonyl (C=O) groups excluding carboxylic acids is 2. The van der Waals surface area contributed by atoms with Crippen molar-refractivity contribution in [2.24, 2.45) is 5.92 Å². The highest BCUT2D eigenvalue weighted by atomic mass is 16.4. The maximum Gasteiger partial charge on any atom is 0.306 e. The third-order valence-corrected chi connectivity index (χ3v) is 3.50. The van der Waals surface area contributed by atoms with Crippen LogP contribution in [-0.2, 0) is 14.4 Å². The normalized spacial score (nSPS) is 30.9.